The summed E-state index contributed by atoms with van der Waals surface area (Å²) >= 11 is 2.92. The van der Waals surface area contributed by atoms with Crippen molar-refractivity contribution in [2.24, 2.45) is 0 Å². The van der Waals surface area contributed by atoms with Crippen LogP contribution in [0.1, 0.15) is 13.8 Å². The first kappa shape index (κ1) is 11.6. The molecule has 0 spiro atoms. The number of benzene rings is 1. The first-order chi connectivity index (χ1) is 8.42. The zero-order valence-corrected chi connectivity index (χ0v) is 11.3. The van der Waals surface area contributed by atoms with Crippen molar-refractivity contribution in [3.05, 3.63) is 34.4 Å². The number of nitrogens with one attached hydrogen (secondary N) is 1. The van der Waals surface area contributed by atoms with Gasteiger partial charge in [0.2, 0.25) is 0 Å². The molecule has 1 aliphatic rings. The Kier molecular flexibility index (Phi) is 2.29. The van der Waals surface area contributed by atoms with Gasteiger partial charge in [0.1, 0.15) is 11.5 Å². The largest absolute Gasteiger partial charge is 0.361 e. The first-order valence-corrected chi connectivity index (χ1v) is 6.21. The molecule has 0 fully saturated rings. The van der Waals surface area contributed by atoms with Crippen LogP contribution in [0.3, 0.4) is 0 Å². The van der Waals surface area contributed by atoms with E-state index in [4.69, 9.17) is 0 Å². The number of aromatic nitrogens is 2. The zero-order chi connectivity index (χ0) is 13.1. The van der Waals surface area contributed by atoms with Crippen molar-refractivity contribution in [2.75, 3.05) is 5.32 Å². The maximum atomic E-state index is 14.2. The number of halogens is 3. The third-order valence-electron chi connectivity index (χ3n) is 3.03. The van der Waals surface area contributed by atoms with Crippen molar-refractivity contribution in [3.8, 4) is 11.3 Å². The van der Waals surface area contributed by atoms with Gasteiger partial charge in [-0.3, -0.25) is 0 Å². The monoisotopic (exact) mass is 313 g/mol. The fraction of sp³-hybridized carbons (Fsp3) is 0.250. The fourth-order valence-electron chi connectivity index (χ4n) is 2.26. The summed E-state index contributed by atoms with van der Waals surface area (Å²) in [7, 11) is 0. The summed E-state index contributed by atoms with van der Waals surface area (Å²) in [6.45, 7) is 3.79. The lowest BCUT2D eigenvalue weighted by atomic mass is 10.0. The molecule has 1 aromatic carbocycles. The van der Waals surface area contributed by atoms with Crippen LogP contribution < -0.4 is 5.32 Å². The van der Waals surface area contributed by atoms with Gasteiger partial charge < -0.3 is 5.32 Å². The highest BCUT2D eigenvalue weighted by molar-refractivity contribution is 9.10. The Morgan fingerprint density at radius 1 is 1.39 bits per heavy atom. The number of anilines is 1. The minimum Gasteiger partial charge on any atom is -0.361 e. The maximum Gasteiger partial charge on any atom is 0.151 e. The Labute approximate surface area is 111 Å². The molecule has 0 aliphatic carbocycles. The Balaban J connectivity index is 2.38. The second-order valence-corrected chi connectivity index (χ2v) is 5.51. The van der Waals surface area contributed by atoms with Crippen LogP contribution in [0.4, 0.5) is 14.5 Å². The van der Waals surface area contributed by atoms with Gasteiger partial charge in [-0.2, -0.15) is 5.10 Å². The van der Waals surface area contributed by atoms with E-state index in [1.54, 1.807) is 16.9 Å². The van der Waals surface area contributed by atoms with E-state index in [9.17, 15) is 8.78 Å². The Hall–Kier alpha value is -1.43. The second-order valence-electron chi connectivity index (χ2n) is 4.72. The lowest BCUT2D eigenvalue weighted by Crippen LogP contribution is -2.39. The van der Waals surface area contributed by atoms with E-state index < -0.39 is 17.3 Å². The minimum atomic E-state index is -0.623. The van der Waals surface area contributed by atoms with Crippen molar-refractivity contribution in [1.82, 2.24) is 9.78 Å². The third kappa shape index (κ3) is 1.41. The van der Waals surface area contributed by atoms with Crippen LogP contribution in [0, 0.1) is 11.6 Å². The molecular weight excluding hydrogens is 304 g/mol. The topological polar surface area (TPSA) is 29.9 Å². The van der Waals surface area contributed by atoms with Gasteiger partial charge in [0, 0.05) is 6.20 Å². The van der Waals surface area contributed by atoms with Gasteiger partial charge in [-0.25, -0.2) is 13.5 Å². The van der Waals surface area contributed by atoms with E-state index in [-0.39, 0.29) is 4.47 Å². The minimum absolute atomic E-state index is 0.157. The number of hydrogen-bond acceptors (Lipinski definition) is 2. The normalized spacial score (nSPS) is 15.8. The highest BCUT2D eigenvalue weighted by Gasteiger charge is 2.33. The van der Waals surface area contributed by atoms with Gasteiger partial charge >= 0.3 is 0 Å². The molecular formula is C12H10BrF2N3. The van der Waals surface area contributed by atoms with Crippen molar-refractivity contribution in [2.45, 2.75) is 19.5 Å². The highest BCUT2D eigenvalue weighted by atomic mass is 79.9. The maximum absolute atomic E-state index is 14.2. The molecule has 0 unspecified atom stereocenters. The quantitative estimate of drug-likeness (QED) is 0.751. The molecule has 0 atom stereocenters. The lowest BCUT2D eigenvalue weighted by Gasteiger charge is -2.35. The van der Waals surface area contributed by atoms with Crippen LogP contribution >= 0.6 is 15.9 Å². The highest BCUT2D eigenvalue weighted by Crippen LogP contribution is 2.42. The van der Waals surface area contributed by atoms with Gasteiger partial charge in [0.25, 0.3) is 0 Å². The molecule has 0 bridgehead atoms. The van der Waals surface area contributed by atoms with Gasteiger partial charge in [-0.05, 0) is 41.9 Å². The summed E-state index contributed by atoms with van der Waals surface area (Å²) < 4.78 is 29.3. The van der Waals surface area contributed by atoms with E-state index >= 15 is 0 Å². The van der Waals surface area contributed by atoms with Crippen molar-refractivity contribution >= 4 is 21.6 Å². The predicted octanol–water partition coefficient (Wildman–Crippen LogP) is 3.71. The molecule has 6 heteroatoms. The molecule has 1 aromatic heterocycles. The average Bonchev–Trinajstić information content (AvgIpc) is 2.75. The molecule has 0 saturated carbocycles. The van der Waals surface area contributed by atoms with Crippen molar-refractivity contribution in [3.63, 3.8) is 0 Å². The number of hydrogen-bond donors (Lipinski definition) is 1. The second kappa shape index (κ2) is 3.54. The fourth-order valence-corrected chi connectivity index (χ4v) is 2.58. The Bertz CT molecular complexity index is 649. The predicted molar refractivity (Wildman–Crippen MR) is 68.2 cm³/mol. The van der Waals surface area contributed by atoms with Gasteiger partial charge in [-0.1, -0.05) is 0 Å². The summed E-state index contributed by atoms with van der Waals surface area (Å²) in [5, 5.41) is 7.27. The molecule has 0 radical (unpaired) electrons. The Morgan fingerprint density at radius 3 is 2.83 bits per heavy atom. The van der Waals surface area contributed by atoms with Gasteiger partial charge in [-0.15, -0.1) is 0 Å². The summed E-state index contributed by atoms with van der Waals surface area (Å²) in [6, 6.07) is 3.01. The van der Waals surface area contributed by atoms with E-state index in [0.717, 1.165) is 0 Å². The van der Waals surface area contributed by atoms with E-state index in [2.05, 4.69) is 26.3 Å². The molecule has 1 aliphatic heterocycles. The van der Waals surface area contributed by atoms with E-state index in [1.165, 1.54) is 6.07 Å². The molecule has 1 N–H and O–H groups in total. The van der Waals surface area contributed by atoms with Crippen LogP contribution in [-0.4, -0.2) is 9.78 Å². The SMILES string of the molecule is CC1(C)Nc2cc(F)c(Br)c(F)c2-c2ccnn21. The summed E-state index contributed by atoms with van der Waals surface area (Å²) in [6.07, 6.45) is 1.60. The summed E-state index contributed by atoms with van der Waals surface area (Å²) in [5.74, 6) is -1.24. The first-order valence-electron chi connectivity index (χ1n) is 5.42. The van der Waals surface area contributed by atoms with Crippen LogP contribution in [0.15, 0.2) is 22.8 Å². The summed E-state index contributed by atoms with van der Waals surface area (Å²) in [5.41, 5.74) is 0.872. The lowest BCUT2D eigenvalue weighted by molar-refractivity contribution is 0.367. The smallest absolute Gasteiger partial charge is 0.151 e. The van der Waals surface area contributed by atoms with E-state index in [0.29, 0.717) is 16.9 Å². The molecule has 0 amide bonds. The molecule has 3 nitrogen and oxygen atoms in total. The molecule has 3 rings (SSSR count). The average molecular weight is 314 g/mol. The summed E-state index contributed by atoms with van der Waals surface area (Å²) in [4.78, 5) is 0. The van der Waals surface area contributed by atoms with Gasteiger partial charge in [0.05, 0.1) is 21.4 Å². The molecule has 18 heavy (non-hydrogen) atoms. The standard InChI is InChI=1S/C12H10BrF2N3/c1-12(2)17-7-5-6(14)10(13)11(15)9(7)8-3-4-16-18(8)12/h3-5,17H,1-2H3. The van der Waals surface area contributed by atoms with Crippen molar-refractivity contribution in [1.29, 1.82) is 0 Å². The van der Waals surface area contributed by atoms with Crippen molar-refractivity contribution < 1.29 is 8.78 Å². The Morgan fingerprint density at radius 2 is 2.11 bits per heavy atom. The van der Waals surface area contributed by atoms with Gasteiger partial charge in [0.15, 0.2) is 5.82 Å². The van der Waals surface area contributed by atoms with Crippen LogP contribution in [0.2, 0.25) is 0 Å². The molecule has 0 saturated heterocycles. The number of fused-ring (bicyclic) bond motifs is 3. The molecule has 2 heterocycles. The number of rotatable bonds is 0. The molecule has 2 aromatic rings. The molecule has 94 valence electrons. The number of nitrogens with zero attached hydrogens (tertiary/aromatic N) is 2. The van der Waals surface area contributed by atoms with Crippen LogP contribution in [0.25, 0.3) is 11.3 Å². The third-order valence-corrected chi connectivity index (χ3v) is 3.76. The zero-order valence-electron chi connectivity index (χ0n) is 9.76. The van der Waals surface area contributed by atoms with E-state index in [1.807, 2.05) is 13.8 Å². The van der Waals surface area contributed by atoms with Crippen LogP contribution in [0.5, 0.6) is 0 Å². The van der Waals surface area contributed by atoms with Crippen LogP contribution in [-0.2, 0) is 5.66 Å².